The van der Waals surface area contributed by atoms with E-state index in [0.717, 1.165) is 16.9 Å². The van der Waals surface area contributed by atoms with Gasteiger partial charge in [0.1, 0.15) is 6.04 Å². The molecule has 1 atom stereocenters. The van der Waals surface area contributed by atoms with Crippen molar-refractivity contribution in [2.24, 2.45) is 0 Å². The van der Waals surface area contributed by atoms with Gasteiger partial charge in [-0.05, 0) is 43.2 Å². The van der Waals surface area contributed by atoms with E-state index >= 15 is 0 Å². The molecule has 0 aliphatic carbocycles. The molecule has 0 unspecified atom stereocenters. The standard InChI is InChI=1S/C23H25N3O3/c1-4-14-25-20(15-21(27)24-18-10-8-17(5-2)9-11-18)22(28)26(23(25)29)19-12-6-16(3)7-13-19/h4,6-13,20H,1,5,14-15H2,2-3H3,(H,24,27)/t20-/m0/s1. The Morgan fingerprint density at radius 1 is 1.10 bits per heavy atom. The Bertz CT molecular complexity index is 919. The number of amides is 4. The second-order valence-electron chi connectivity index (χ2n) is 7.05. The van der Waals surface area contributed by atoms with Gasteiger partial charge in [-0.2, -0.15) is 0 Å². The number of aryl methyl sites for hydroxylation is 2. The molecule has 2 aromatic rings. The number of anilines is 2. The first kappa shape index (κ1) is 20.3. The molecular weight excluding hydrogens is 366 g/mol. The lowest BCUT2D eigenvalue weighted by molar-refractivity contribution is -0.124. The summed E-state index contributed by atoms with van der Waals surface area (Å²) in [6.45, 7) is 7.85. The van der Waals surface area contributed by atoms with Gasteiger partial charge in [-0.1, -0.05) is 42.8 Å². The maximum absolute atomic E-state index is 13.0. The van der Waals surface area contributed by atoms with Crippen molar-refractivity contribution in [3.63, 3.8) is 0 Å². The first-order valence-corrected chi connectivity index (χ1v) is 9.65. The molecule has 0 radical (unpaired) electrons. The van der Waals surface area contributed by atoms with Crippen LogP contribution in [0.25, 0.3) is 0 Å². The van der Waals surface area contributed by atoms with Crippen molar-refractivity contribution in [2.75, 3.05) is 16.8 Å². The minimum Gasteiger partial charge on any atom is -0.326 e. The molecule has 6 nitrogen and oxygen atoms in total. The second-order valence-corrected chi connectivity index (χ2v) is 7.05. The van der Waals surface area contributed by atoms with E-state index in [0.29, 0.717) is 11.4 Å². The molecule has 0 spiro atoms. The summed E-state index contributed by atoms with van der Waals surface area (Å²) in [6.07, 6.45) is 2.35. The average molecular weight is 391 g/mol. The number of rotatable bonds is 7. The van der Waals surface area contributed by atoms with E-state index in [2.05, 4.69) is 18.8 Å². The van der Waals surface area contributed by atoms with Crippen LogP contribution in [0.15, 0.2) is 61.2 Å². The van der Waals surface area contributed by atoms with E-state index in [4.69, 9.17) is 0 Å². The van der Waals surface area contributed by atoms with Gasteiger partial charge in [0, 0.05) is 12.2 Å². The van der Waals surface area contributed by atoms with Crippen molar-refractivity contribution in [3.05, 3.63) is 72.3 Å². The fourth-order valence-corrected chi connectivity index (χ4v) is 3.32. The van der Waals surface area contributed by atoms with Crippen molar-refractivity contribution >= 4 is 29.2 Å². The summed E-state index contributed by atoms with van der Waals surface area (Å²) in [6, 6.07) is 13.4. The molecule has 1 fully saturated rings. The van der Waals surface area contributed by atoms with Crippen LogP contribution in [0.3, 0.4) is 0 Å². The molecule has 6 heteroatoms. The van der Waals surface area contributed by atoms with E-state index in [1.54, 1.807) is 18.2 Å². The largest absolute Gasteiger partial charge is 0.332 e. The number of nitrogens with one attached hydrogen (secondary N) is 1. The fourth-order valence-electron chi connectivity index (χ4n) is 3.32. The summed E-state index contributed by atoms with van der Waals surface area (Å²) in [5.41, 5.74) is 3.36. The summed E-state index contributed by atoms with van der Waals surface area (Å²) in [4.78, 5) is 41.0. The van der Waals surface area contributed by atoms with E-state index in [9.17, 15) is 14.4 Å². The highest BCUT2D eigenvalue weighted by Gasteiger charge is 2.46. The van der Waals surface area contributed by atoms with Crippen LogP contribution in [-0.4, -0.2) is 35.3 Å². The van der Waals surface area contributed by atoms with Gasteiger partial charge >= 0.3 is 6.03 Å². The SMILES string of the molecule is C=CCN1C(=O)N(c2ccc(C)cc2)C(=O)[C@@H]1CC(=O)Nc1ccc(CC)cc1. The molecule has 1 heterocycles. The highest BCUT2D eigenvalue weighted by atomic mass is 16.2. The third-order valence-electron chi connectivity index (χ3n) is 4.96. The number of carbonyl (C=O) groups excluding carboxylic acids is 3. The highest BCUT2D eigenvalue weighted by Crippen LogP contribution is 2.27. The Morgan fingerprint density at radius 3 is 2.34 bits per heavy atom. The molecule has 2 aromatic carbocycles. The monoisotopic (exact) mass is 391 g/mol. The van der Waals surface area contributed by atoms with E-state index in [1.165, 1.54) is 10.5 Å². The van der Waals surface area contributed by atoms with Crippen molar-refractivity contribution < 1.29 is 14.4 Å². The maximum Gasteiger partial charge on any atom is 0.332 e. The maximum atomic E-state index is 13.0. The zero-order chi connectivity index (χ0) is 21.0. The van der Waals surface area contributed by atoms with E-state index in [1.807, 2.05) is 43.3 Å². The molecule has 0 saturated carbocycles. The lowest BCUT2D eigenvalue weighted by Gasteiger charge is -2.19. The minimum absolute atomic E-state index is 0.115. The Balaban J connectivity index is 1.77. The van der Waals surface area contributed by atoms with Gasteiger partial charge in [0.25, 0.3) is 5.91 Å². The number of imide groups is 1. The number of urea groups is 1. The molecule has 4 amide bonds. The van der Waals surface area contributed by atoms with Gasteiger partial charge in [-0.25, -0.2) is 9.69 Å². The molecule has 3 rings (SSSR count). The van der Waals surface area contributed by atoms with Gasteiger partial charge in [0.2, 0.25) is 5.91 Å². The summed E-state index contributed by atoms with van der Waals surface area (Å²) in [7, 11) is 0. The molecule has 1 aliphatic heterocycles. The van der Waals surface area contributed by atoms with E-state index < -0.39 is 18.0 Å². The number of hydrogen-bond acceptors (Lipinski definition) is 3. The molecule has 1 saturated heterocycles. The summed E-state index contributed by atoms with van der Waals surface area (Å²) in [5.74, 6) is -0.725. The lowest BCUT2D eigenvalue weighted by Crippen LogP contribution is -2.38. The molecule has 150 valence electrons. The minimum atomic E-state index is -0.864. The summed E-state index contributed by atoms with van der Waals surface area (Å²) >= 11 is 0. The second kappa shape index (κ2) is 8.73. The van der Waals surface area contributed by atoms with Gasteiger partial charge < -0.3 is 10.2 Å². The zero-order valence-corrected chi connectivity index (χ0v) is 16.7. The van der Waals surface area contributed by atoms with Crippen LogP contribution < -0.4 is 10.2 Å². The fraction of sp³-hybridized carbons (Fsp3) is 0.261. The van der Waals surface area contributed by atoms with Crippen molar-refractivity contribution in [3.8, 4) is 0 Å². The van der Waals surface area contributed by atoms with Gasteiger partial charge in [-0.15, -0.1) is 6.58 Å². The van der Waals surface area contributed by atoms with Crippen LogP contribution in [0.1, 0.15) is 24.5 Å². The molecule has 0 bridgehead atoms. The van der Waals surface area contributed by atoms with E-state index in [-0.39, 0.29) is 18.9 Å². The number of hydrogen-bond donors (Lipinski definition) is 1. The van der Waals surface area contributed by atoms with Crippen molar-refractivity contribution in [1.82, 2.24) is 4.90 Å². The summed E-state index contributed by atoms with van der Waals surface area (Å²) < 4.78 is 0. The summed E-state index contributed by atoms with van der Waals surface area (Å²) in [5, 5.41) is 2.81. The Kier molecular flexibility index (Phi) is 6.12. The Labute approximate surface area is 170 Å². The number of nitrogens with zero attached hydrogens (tertiary/aromatic N) is 2. The molecule has 1 aliphatic rings. The third-order valence-corrected chi connectivity index (χ3v) is 4.96. The predicted octanol–water partition coefficient (Wildman–Crippen LogP) is 3.91. The van der Waals surface area contributed by atoms with Crippen LogP contribution in [0.2, 0.25) is 0 Å². The van der Waals surface area contributed by atoms with Crippen molar-refractivity contribution in [2.45, 2.75) is 32.7 Å². The Morgan fingerprint density at radius 2 is 1.76 bits per heavy atom. The van der Waals surface area contributed by atoms with Crippen LogP contribution in [0.5, 0.6) is 0 Å². The molecule has 29 heavy (non-hydrogen) atoms. The predicted molar refractivity (Wildman–Crippen MR) is 114 cm³/mol. The van der Waals surface area contributed by atoms with Crippen LogP contribution in [0, 0.1) is 6.92 Å². The first-order chi connectivity index (χ1) is 13.9. The topological polar surface area (TPSA) is 69.7 Å². The highest BCUT2D eigenvalue weighted by molar-refractivity contribution is 6.22. The van der Waals surface area contributed by atoms with Crippen LogP contribution in [-0.2, 0) is 16.0 Å². The average Bonchev–Trinajstić information content (AvgIpc) is 2.94. The molecular formula is C23H25N3O3. The first-order valence-electron chi connectivity index (χ1n) is 9.65. The zero-order valence-electron chi connectivity index (χ0n) is 16.7. The van der Waals surface area contributed by atoms with Gasteiger partial charge in [0.05, 0.1) is 12.1 Å². The van der Waals surface area contributed by atoms with Gasteiger partial charge in [0.15, 0.2) is 0 Å². The van der Waals surface area contributed by atoms with Crippen LogP contribution >= 0.6 is 0 Å². The quantitative estimate of drug-likeness (QED) is 0.575. The third kappa shape index (κ3) is 4.37. The molecule has 1 N–H and O–H groups in total. The smallest absolute Gasteiger partial charge is 0.326 e. The lowest BCUT2D eigenvalue weighted by atomic mass is 10.1. The Hall–Kier alpha value is -3.41. The number of benzene rings is 2. The number of carbonyl (C=O) groups is 3. The van der Waals surface area contributed by atoms with Gasteiger partial charge in [-0.3, -0.25) is 9.59 Å². The van der Waals surface area contributed by atoms with Crippen molar-refractivity contribution in [1.29, 1.82) is 0 Å². The normalized spacial score (nSPS) is 16.3. The van der Waals surface area contributed by atoms with Crippen LogP contribution in [0.4, 0.5) is 16.2 Å². The molecule has 0 aromatic heterocycles.